The van der Waals surface area contributed by atoms with E-state index < -0.39 is 0 Å². The van der Waals surface area contributed by atoms with Crippen molar-refractivity contribution in [2.75, 3.05) is 28.7 Å². The van der Waals surface area contributed by atoms with E-state index >= 15 is 0 Å². The molecule has 3 aromatic rings. The van der Waals surface area contributed by atoms with E-state index in [2.05, 4.69) is 40.7 Å². The second-order valence-corrected chi connectivity index (χ2v) is 6.47. The van der Waals surface area contributed by atoms with Crippen molar-refractivity contribution in [3.05, 3.63) is 60.4 Å². The van der Waals surface area contributed by atoms with Gasteiger partial charge in [-0.3, -0.25) is 4.98 Å². The highest BCUT2D eigenvalue weighted by atomic mass is 15.4. The SMILES string of the molecule is C(=N\Nc1nc(Nc2ccccc2)nc(N2CCCCC2)n1)/c1ccncc1. The predicted molar refractivity (Wildman–Crippen MR) is 111 cm³/mol. The van der Waals surface area contributed by atoms with Crippen molar-refractivity contribution in [1.29, 1.82) is 0 Å². The van der Waals surface area contributed by atoms with Crippen LogP contribution < -0.4 is 15.6 Å². The topological polar surface area (TPSA) is 91.2 Å². The molecule has 28 heavy (non-hydrogen) atoms. The first-order valence-electron chi connectivity index (χ1n) is 9.39. The molecule has 0 saturated carbocycles. The molecule has 0 atom stereocenters. The molecule has 1 aliphatic heterocycles. The zero-order valence-electron chi connectivity index (χ0n) is 15.5. The minimum absolute atomic E-state index is 0.402. The molecule has 8 heteroatoms. The van der Waals surface area contributed by atoms with Crippen LogP contribution in [0.3, 0.4) is 0 Å². The molecule has 142 valence electrons. The first-order valence-corrected chi connectivity index (χ1v) is 9.39. The number of hydrazone groups is 1. The van der Waals surface area contributed by atoms with Gasteiger partial charge in [-0.1, -0.05) is 18.2 Å². The molecular weight excluding hydrogens is 352 g/mol. The fourth-order valence-corrected chi connectivity index (χ4v) is 2.97. The van der Waals surface area contributed by atoms with Crippen LogP contribution >= 0.6 is 0 Å². The lowest BCUT2D eigenvalue weighted by Crippen LogP contribution is -2.31. The number of piperidine rings is 1. The Balaban J connectivity index is 1.56. The van der Waals surface area contributed by atoms with Crippen molar-refractivity contribution in [3.8, 4) is 0 Å². The molecular formula is C20H22N8. The third kappa shape index (κ3) is 4.79. The minimum Gasteiger partial charge on any atom is -0.341 e. The van der Waals surface area contributed by atoms with E-state index in [0.29, 0.717) is 17.8 Å². The summed E-state index contributed by atoms with van der Waals surface area (Å²) in [4.78, 5) is 19.8. The Kier molecular flexibility index (Phi) is 5.67. The molecule has 0 spiro atoms. The molecule has 2 N–H and O–H groups in total. The number of para-hydroxylation sites is 1. The zero-order chi connectivity index (χ0) is 19.0. The van der Waals surface area contributed by atoms with Gasteiger partial charge in [-0.15, -0.1) is 0 Å². The Bertz CT molecular complexity index is 908. The Morgan fingerprint density at radius 1 is 0.857 bits per heavy atom. The van der Waals surface area contributed by atoms with Crippen LogP contribution in [-0.2, 0) is 0 Å². The molecule has 1 fully saturated rings. The minimum atomic E-state index is 0.402. The second kappa shape index (κ2) is 8.90. The molecule has 2 aromatic heterocycles. The van der Waals surface area contributed by atoms with Crippen LogP contribution in [0.1, 0.15) is 24.8 Å². The lowest BCUT2D eigenvalue weighted by Gasteiger charge is -2.26. The molecule has 0 amide bonds. The molecule has 0 unspecified atom stereocenters. The Hall–Kier alpha value is -3.55. The van der Waals surface area contributed by atoms with Gasteiger partial charge in [-0.2, -0.15) is 20.1 Å². The summed E-state index contributed by atoms with van der Waals surface area (Å²) in [6.07, 6.45) is 8.70. The zero-order valence-corrected chi connectivity index (χ0v) is 15.5. The summed E-state index contributed by atoms with van der Waals surface area (Å²) in [5.41, 5.74) is 4.78. The van der Waals surface area contributed by atoms with Crippen molar-refractivity contribution in [1.82, 2.24) is 19.9 Å². The number of nitrogens with zero attached hydrogens (tertiary/aromatic N) is 6. The van der Waals surface area contributed by atoms with E-state index in [-0.39, 0.29) is 0 Å². The lowest BCUT2D eigenvalue weighted by atomic mass is 10.1. The largest absolute Gasteiger partial charge is 0.341 e. The first kappa shape index (κ1) is 17.8. The van der Waals surface area contributed by atoms with Gasteiger partial charge in [0.1, 0.15) is 0 Å². The summed E-state index contributed by atoms with van der Waals surface area (Å²) in [5.74, 6) is 1.55. The van der Waals surface area contributed by atoms with Gasteiger partial charge in [0, 0.05) is 31.2 Å². The highest BCUT2D eigenvalue weighted by molar-refractivity contribution is 5.79. The van der Waals surface area contributed by atoms with Crippen molar-refractivity contribution < 1.29 is 0 Å². The molecule has 1 aromatic carbocycles. The number of anilines is 4. The number of hydrogen-bond acceptors (Lipinski definition) is 8. The third-order valence-electron chi connectivity index (χ3n) is 4.38. The average Bonchev–Trinajstić information content (AvgIpc) is 2.76. The van der Waals surface area contributed by atoms with Gasteiger partial charge < -0.3 is 10.2 Å². The van der Waals surface area contributed by atoms with Crippen LogP contribution in [0, 0.1) is 0 Å². The Labute approximate surface area is 163 Å². The fourth-order valence-electron chi connectivity index (χ4n) is 2.97. The summed E-state index contributed by atoms with van der Waals surface area (Å²) < 4.78 is 0. The fraction of sp³-hybridized carbons (Fsp3) is 0.250. The molecule has 0 aliphatic carbocycles. The number of aromatic nitrogens is 4. The smallest absolute Gasteiger partial charge is 0.250 e. The average molecular weight is 374 g/mol. The molecule has 0 radical (unpaired) electrons. The second-order valence-electron chi connectivity index (χ2n) is 6.47. The van der Waals surface area contributed by atoms with Crippen molar-refractivity contribution in [2.24, 2.45) is 5.10 Å². The maximum atomic E-state index is 4.61. The van der Waals surface area contributed by atoms with Gasteiger partial charge in [0.2, 0.25) is 17.8 Å². The highest BCUT2D eigenvalue weighted by Gasteiger charge is 2.16. The summed E-state index contributed by atoms with van der Waals surface area (Å²) in [6, 6.07) is 13.6. The van der Waals surface area contributed by atoms with Crippen molar-refractivity contribution in [2.45, 2.75) is 19.3 Å². The van der Waals surface area contributed by atoms with Crippen LogP contribution in [0.5, 0.6) is 0 Å². The van der Waals surface area contributed by atoms with E-state index in [9.17, 15) is 0 Å². The van der Waals surface area contributed by atoms with Crippen molar-refractivity contribution >= 4 is 29.7 Å². The highest BCUT2D eigenvalue weighted by Crippen LogP contribution is 2.20. The Morgan fingerprint density at radius 3 is 2.39 bits per heavy atom. The standard InChI is InChI=1S/C20H22N8/c1-3-7-17(8-4-1)23-18-24-19(27-22-15-16-9-11-21-12-10-16)26-20(25-18)28-13-5-2-6-14-28/h1,3-4,7-12,15H,2,5-6,13-14H2,(H2,23,24,25,26,27)/b22-15+. The van der Waals surface area contributed by atoms with E-state index in [4.69, 9.17) is 0 Å². The van der Waals surface area contributed by atoms with Crippen LogP contribution in [-0.4, -0.2) is 39.2 Å². The third-order valence-corrected chi connectivity index (χ3v) is 4.38. The molecule has 1 aliphatic rings. The molecule has 8 nitrogen and oxygen atoms in total. The lowest BCUT2D eigenvalue weighted by molar-refractivity contribution is 0.568. The number of pyridine rings is 1. The summed E-state index contributed by atoms with van der Waals surface area (Å²) in [5, 5.41) is 7.49. The van der Waals surface area contributed by atoms with Crippen LogP contribution in [0.15, 0.2) is 60.0 Å². The van der Waals surface area contributed by atoms with Gasteiger partial charge >= 0.3 is 0 Å². The maximum Gasteiger partial charge on any atom is 0.250 e. The number of hydrogen-bond donors (Lipinski definition) is 2. The number of rotatable bonds is 6. The normalized spacial score (nSPS) is 14.2. The summed E-state index contributed by atoms with van der Waals surface area (Å²) in [7, 11) is 0. The van der Waals surface area contributed by atoms with E-state index in [1.54, 1.807) is 18.6 Å². The van der Waals surface area contributed by atoms with E-state index in [1.165, 1.54) is 6.42 Å². The Morgan fingerprint density at radius 2 is 1.61 bits per heavy atom. The van der Waals surface area contributed by atoms with Gasteiger partial charge in [-0.05, 0) is 49.1 Å². The number of benzene rings is 1. The van der Waals surface area contributed by atoms with Gasteiger partial charge in [0.15, 0.2) is 0 Å². The van der Waals surface area contributed by atoms with E-state index in [1.807, 2.05) is 42.5 Å². The van der Waals surface area contributed by atoms with Crippen LogP contribution in [0.25, 0.3) is 0 Å². The number of nitrogens with one attached hydrogen (secondary N) is 2. The first-order chi connectivity index (χ1) is 13.9. The van der Waals surface area contributed by atoms with E-state index in [0.717, 1.165) is 37.2 Å². The molecule has 0 bridgehead atoms. The van der Waals surface area contributed by atoms with Crippen molar-refractivity contribution in [3.63, 3.8) is 0 Å². The van der Waals surface area contributed by atoms with Crippen LogP contribution in [0.2, 0.25) is 0 Å². The van der Waals surface area contributed by atoms with Gasteiger partial charge in [0.25, 0.3) is 0 Å². The molecule has 3 heterocycles. The molecule has 4 rings (SSSR count). The van der Waals surface area contributed by atoms with Gasteiger partial charge in [-0.25, -0.2) is 5.43 Å². The van der Waals surface area contributed by atoms with Crippen LogP contribution in [0.4, 0.5) is 23.5 Å². The summed E-state index contributed by atoms with van der Waals surface area (Å²) in [6.45, 7) is 1.91. The van der Waals surface area contributed by atoms with Gasteiger partial charge in [0.05, 0.1) is 6.21 Å². The monoisotopic (exact) mass is 374 g/mol. The predicted octanol–water partition coefficient (Wildman–Crippen LogP) is 3.45. The summed E-state index contributed by atoms with van der Waals surface area (Å²) >= 11 is 0. The maximum absolute atomic E-state index is 4.61. The quantitative estimate of drug-likeness (QED) is 0.504. The molecule has 1 saturated heterocycles.